The summed E-state index contributed by atoms with van der Waals surface area (Å²) in [6, 6.07) is 8.01. The van der Waals surface area contributed by atoms with Crippen molar-refractivity contribution in [2.24, 2.45) is 0 Å². The van der Waals surface area contributed by atoms with Gasteiger partial charge in [0.1, 0.15) is 0 Å². The third-order valence-corrected chi connectivity index (χ3v) is 3.25. The lowest BCUT2D eigenvalue weighted by Gasteiger charge is -2.09. The highest BCUT2D eigenvalue weighted by atomic mass is 16.1. The van der Waals surface area contributed by atoms with E-state index in [9.17, 15) is 4.79 Å². The van der Waals surface area contributed by atoms with Crippen LogP contribution in [-0.2, 0) is 6.54 Å². The predicted molar refractivity (Wildman–Crippen MR) is 75.1 cm³/mol. The molecule has 0 radical (unpaired) electrons. The zero-order valence-corrected chi connectivity index (χ0v) is 11.5. The van der Waals surface area contributed by atoms with Crippen molar-refractivity contribution >= 4 is 6.29 Å². The molecule has 0 aliphatic carbocycles. The molecule has 0 fully saturated rings. The van der Waals surface area contributed by atoms with Crippen molar-refractivity contribution in [3.05, 3.63) is 35.5 Å². The van der Waals surface area contributed by atoms with Gasteiger partial charge < -0.3 is 0 Å². The Morgan fingerprint density at radius 2 is 2.05 bits per heavy atom. The summed E-state index contributed by atoms with van der Waals surface area (Å²) < 4.78 is 1.85. The number of unbranched alkanes of at least 4 members (excludes halogenated alkanes) is 2. The summed E-state index contributed by atoms with van der Waals surface area (Å²) >= 11 is 0. The van der Waals surface area contributed by atoms with Crippen molar-refractivity contribution < 1.29 is 4.79 Å². The largest absolute Gasteiger partial charge is 0.296 e. The standard InChI is InChI=1S/C15H19N3O/c1-3-4-7-10-18-15(14(11-19)16-17-18)13-9-6-5-8-12(13)2/h5-6,8-9,11H,3-4,7,10H2,1-2H3. The molecule has 0 saturated carbocycles. The number of carbonyl (C=O) groups excluding carboxylic acids is 1. The average molecular weight is 257 g/mol. The maximum Gasteiger partial charge on any atom is 0.172 e. The second-order valence-corrected chi connectivity index (χ2v) is 4.69. The number of nitrogens with zero attached hydrogens (tertiary/aromatic N) is 3. The lowest BCUT2D eigenvalue weighted by atomic mass is 10.0. The van der Waals surface area contributed by atoms with Crippen LogP contribution in [0.2, 0.25) is 0 Å². The SMILES string of the molecule is CCCCCn1nnc(C=O)c1-c1ccccc1C. The molecule has 0 atom stereocenters. The molecule has 0 unspecified atom stereocenters. The van der Waals surface area contributed by atoms with Crippen LogP contribution in [0.5, 0.6) is 0 Å². The van der Waals surface area contributed by atoms with Crippen molar-refractivity contribution in [3.63, 3.8) is 0 Å². The minimum atomic E-state index is 0.422. The Balaban J connectivity index is 2.39. The Bertz CT molecular complexity index is 560. The first-order valence-corrected chi connectivity index (χ1v) is 6.72. The Morgan fingerprint density at radius 3 is 2.74 bits per heavy atom. The summed E-state index contributed by atoms with van der Waals surface area (Å²) in [6.07, 6.45) is 4.15. The lowest BCUT2D eigenvalue weighted by Crippen LogP contribution is -2.04. The average Bonchev–Trinajstić information content (AvgIpc) is 2.82. The fourth-order valence-electron chi connectivity index (χ4n) is 2.19. The van der Waals surface area contributed by atoms with E-state index in [1.807, 2.05) is 35.9 Å². The number of benzene rings is 1. The number of aryl methyl sites for hydroxylation is 2. The van der Waals surface area contributed by atoms with Gasteiger partial charge in [-0.25, -0.2) is 4.68 Å². The Labute approximate surface area is 113 Å². The van der Waals surface area contributed by atoms with Gasteiger partial charge in [0, 0.05) is 12.1 Å². The molecule has 4 heteroatoms. The third-order valence-electron chi connectivity index (χ3n) is 3.25. The normalized spacial score (nSPS) is 10.6. The van der Waals surface area contributed by atoms with E-state index in [0.29, 0.717) is 5.69 Å². The van der Waals surface area contributed by atoms with Crippen molar-refractivity contribution in [1.82, 2.24) is 15.0 Å². The van der Waals surface area contributed by atoms with Crippen LogP contribution in [-0.4, -0.2) is 21.3 Å². The summed E-state index contributed by atoms with van der Waals surface area (Å²) in [5.74, 6) is 0. The fourth-order valence-corrected chi connectivity index (χ4v) is 2.19. The van der Waals surface area contributed by atoms with Crippen LogP contribution >= 0.6 is 0 Å². The molecule has 1 heterocycles. The van der Waals surface area contributed by atoms with Crippen LogP contribution < -0.4 is 0 Å². The molecule has 0 aliphatic heterocycles. The Morgan fingerprint density at radius 1 is 1.26 bits per heavy atom. The summed E-state index contributed by atoms with van der Waals surface area (Å²) in [7, 11) is 0. The van der Waals surface area contributed by atoms with Gasteiger partial charge in [0.25, 0.3) is 0 Å². The molecule has 4 nitrogen and oxygen atoms in total. The van der Waals surface area contributed by atoms with Crippen LogP contribution in [0.1, 0.15) is 42.2 Å². The number of aldehydes is 1. The first-order valence-electron chi connectivity index (χ1n) is 6.72. The van der Waals surface area contributed by atoms with E-state index in [0.717, 1.165) is 48.9 Å². The van der Waals surface area contributed by atoms with E-state index < -0.39 is 0 Å². The van der Waals surface area contributed by atoms with Crippen molar-refractivity contribution in [3.8, 4) is 11.3 Å². The smallest absolute Gasteiger partial charge is 0.172 e. The summed E-state index contributed by atoms with van der Waals surface area (Å²) in [5, 5.41) is 8.09. The second kappa shape index (κ2) is 6.27. The molecule has 0 saturated heterocycles. The number of rotatable bonds is 6. The fraction of sp³-hybridized carbons (Fsp3) is 0.400. The van der Waals surface area contributed by atoms with Gasteiger partial charge in [-0.05, 0) is 18.9 Å². The van der Waals surface area contributed by atoms with Gasteiger partial charge in [-0.1, -0.05) is 49.2 Å². The highest BCUT2D eigenvalue weighted by Crippen LogP contribution is 2.25. The van der Waals surface area contributed by atoms with Crippen LogP contribution in [0.25, 0.3) is 11.3 Å². The molecule has 0 aliphatic rings. The lowest BCUT2D eigenvalue weighted by molar-refractivity contribution is 0.111. The van der Waals surface area contributed by atoms with Crippen LogP contribution in [0, 0.1) is 6.92 Å². The number of aromatic nitrogens is 3. The van der Waals surface area contributed by atoms with E-state index in [4.69, 9.17) is 0 Å². The van der Waals surface area contributed by atoms with Gasteiger partial charge in [-0.3, -0.25) is 4.79 Å². The quantitative estimate of drug-likeness (QED) is 0.589. The molecule has 19 heavy (non-hydrogen) atoms. The van der Waals surface area contributed by atoms with E-state index in [1.54, 1.807) is 0 Å². The number of hydrogen-bond acceptors (Lipinski definition) is 3. The highest BCUT2D eigenvalue weighted by molar-refractivity contribution is 5.84. The van der Waals surface area contributed by atoms with E-state index in [-0.39, 0.29) is 0 Å². The van der Waals surface area contributed by atoms with Crippen molar-refractivity contribution in [2.45, 2.75) is 39.7 Å². The molecule has 0 N–H and O–H groups in total. The van der Waals surface area contributed by atoms with Crippen LogP contribution in [0.4, 0.5) is 0 Å². The predicted octanol–water partition coefficient (Wildman–Crippen LogP) is 3.26. The maximum absolute atomic E-state index is 11.1. The Hall–Kier alpha value is -1.97. The van der Waals surface area contributed by atoms with E-state index in [2.05, 4.69) is 17.2 Å². The minimum absolute atomic E-state index is 0.422. The number of carbonyl (C=O) groups is 1. The molecule has 100 valence electrons. The van der Waals surface area contributed by atoms with Crippen LogP contribution in [0.15, 0.2) is 24.3 Å². The van der Waals surface area contributed by atoms with E-state index >= 15 is 0 Å². The molecule has 0 bridgehead atoms. The molecule has 1 aromatic heterocycles. The van der Waals surface area contributed by atoms with Gasteiger partial charge in [-0.2, -0.15) is 0 Å². The maximum atomic E-state index is 11.1. The van der Waals surface area contributed by atoms with Gasteiger partial charge in [0.15, 0.2) is 12.0 Å². The molecule has 1 aromatic carbocycles. The highest BCUT2D eigenvalue weighted by Gasteiger charge is 2.15. The first kappa shape index (κ1) is 13.5. The minimum Gasteiger partial charge on any atom is -0.296 e. The molecule has 2 aromatic rings. The zero-order valence-electron chi connectivity index (χ0n) is 11.5. The monoisotopic (exact) mass is 257 g/mol. The molecule has 0 spiro atoms. The van der Waals surface area contributed by atoms with E-state index in [1.165, 1.54) is 0 Å². The molecule has 2 rings (SSSR count). The van der Waals surface area contributed by atoms with Gasteiger partial charge in [0.05, 0.1) is 5.69 Å². The Kier molecular flexibility index (Phi) is 4.44. The second-order valence-electron chi connectivity index (χ2n) is 4.69. The molecular formula is C15H19N3O. The van der Waals surface area contributed by atoms with Gasteiger partial charge in [-0.15, -0.1) is 5.10 Å². The third kappa shape index (κ3) is 2.89. The topological polar surface area (TPSA) is 47.8 Å². The van der Waals surface area contributed by atoms with Gasteiger partial charge in [0.2, 0.25) is 0 Å². The first-order chi connectivity index (χ1) is 9.27. The molecular weight excluding hydrogens is 238 g/mol. The summed E-state index contributed by atoms with van der Waals surface area (Å²) in [5.41, 5.74) is 3.42. The molecule has 0 amide bonds. The summed E-state index contributed by atoms with van der Waals surface area (Å²) in [4.78, 5) is 11.1. The number of hydrogen-bond donors (Lipinski definition) is 0. The summed E-state index contributed by atoms with van der Waals surface area (Å²) in [6.45, 7) is 5.01. The van der Waals surface area contributed by atoms with Gasteiger partial charge >= 0.3 is 0 Å². The zero-order chi connectivity index (χ0) is 13.7. The van der Waals surface area contributed by atoms with Crippen molar-refractivity contribution in [1.29, 1.82) is 0 Å². The van der Waals surface area contributed by atoms with Crippen LogP contribution in [0.3, 0.4) is 0 Å². The van der Waals surface area contributed by atoms with Crippen molar-refractivity contribution in [2.75, 3.05) is 0 Å².